The van der Waals surface area contributed by atoms with Gasteiger partial charge in [-0.05, 0) is 18.6 Å². The lowest BCUT2D eigenvalue weighted by Crippen LogP contribution is -2.11. The first-order valence-electron chi connectivity index (χ1n) is 6.12. The van der Waals surface area contributed by atoms with Gasteiger partial charge in [0.05, 0.1) is 35.2 Å². The van der Waals surface area contributed by atoms with Crippen molar-refractivity contribution in [2.24, 2.45) is 0 Å². The molecule has 0 aromatic heterocycles. The molecular formula is C15H14N2O2. The van der Waals surface area contributed by atoms with Gasteiger partial charge in [-0.25, -0.2) is 0 Å². The van der Waals surface area contributed by atoms with Crippen molar-refractivity contribution in [2.45, 2.75) is 32.6 Å². The normalized spacial score (nSPS) is 9.42. The smallest absolute Gasteiger partial charge is 0.172 e. The van der Waals surface area contributed by atoms with Crippen molar-refractivity contribution in [3.8, 4) is 12.1 Å². The second kappa shape index (κ2) is 7.08. The van der Waals surface area contributed by atoms with Crippen molar-refractivity contribution in [1.82, 2.24) is 0 Å². The van der Waals surface area contributed by atoms with Gasteiger partial charge in [0.1, 0.15) is 5.78 Å². The highest BCUT2D eigenvalue weighted by Crippen LogP contribution is 2.16. The number of rotatable bonds is 6. The van der Waals surface area contributed by atoms with E-state index in [-0.39, 0.29) is 28.9 Å². The molecule has 0 amide bonds. The maximum Gasteiger partial charge on any atom is 0.172 e. The number of nitrogens with zero attached hydrogens (tertiary/aromatic N) is 2. The summed E-state index contributed by atoms with van der Waals surface area (Å²) in [6, 6.07) is 8.27. The number of carbonyl (C=O) groups excluding carboxylic acids is 2. The van der Waals surface area contributed by atoms with Crippen LogP contribution in [-0.4, -0.2) is 11.6 Å². The minimum atomic E-state index is -0.449. The van der Waals surface area contributed by atoms with E-state index in [4.69, 9.17) is 10.5 Å². The molecule has 0 radical (unpaired) electrons. The summed E-state index contributed by atoms with van der Waals surface area (Å²) < 4.78 is 0. The number of hydrogen-bond donors (Lipinski definition) is 0. The number of hydrogen-bond acceptors (Lipinski definition) is 4. The number of carbonyl (C=O) groups is 2. The van der Waals surface area contributed by atoms with Crippen LogP contribution in [0, 0.1) is 22.7 Å². The van der Waals surface area contributed by atoms with Crippen molar-refractivity contribution in [3.63, 3.8) is 0 Å². The van der Waals surface area contributed by atoms with Gasteiger partial charge in [0, 0.05) is 6.42 Å². The van der Waals surface area contributed by atoms with Crippen LogP contribution >= 0.6 is 0 Å². The van der Waals surface area contributed by atoms with E-state index in [0.717, 1.165) is 12.8 Å². The Balaban J connectivity index is 2.97. The molecule has 96 valence electrons. The summed E-state index contributed by atoms with van der Waals surface area (Å²) in [4.78, 5) is 23.7. The Hall–Kier alpha value is -2.46. The number of nitriles is 2. The topological polar surface area (TPSA) is 81.7 Å². The van der Waals surface area contributed by atoms with Crippen molar-refractivity contribution in [2.75, 3.05) is 0 Å². The fraction of sp³-hybridized carbons (Fsp3) is 0.333. The predicted octanol–water partition coefficient (Wildman–Crippen LogP) is 2.76. The fourth-order valence-corrected chi connectivity index (χ4v) is 1.77. The third-order valence-corrected chi connectivity index (χ3v) is 2.75. The molecule has 0 saturated carbocycles. The van der Waals surface area contributed by atoms with Gasteiger partial charge in [0.15, 0.2) is 5.78 Å². The first-order chi connectivity index (χ1) is 9.13. The SMILES string of the molecule is CCCCC(=O)CC(=O)c1c(C#N)cccc1C#N. The maximum absolute atomic E-state index is 12.1. The lowest BCUT2D eigenvalue weighted by atomic mass is 9.95. The molecule has 0 spiro atoms. The van der Waals surface area contributed by atoms with Gasteiger partial charge in [0.2, 0.25) is 0 Å². The summed E-state index contributed by atoms with van der Waals surface area (Å²) in [6.45, 7) is 1.97. The highest BCUT2D eigenvalue weighted by molar-refractivity contribution is 6.10. The number of Topliss-reactive ketones (excluding diaryl/α,β-unsaturated/α-hetero) is 2. The summed E-state index contributed by atoms with van der Waals surface area (Å²) in [5.41, 5.74) is 0.358. The predicted molar refractivity (Wildman–Crippen MR) is 69.4 cm³/mol. The van der Waals surface area contributed by atoms with Gasteiger partial charge in [-0.2, -0.15) is 10.5 Å². The monoisotopic (exact) mass is 254 g/mol. The summed E-state index contributed by atoms with van der Waals surface area (Å²) in [6.07, 6.45) is 1.75. The molecule has 4 heteroatoms. The van der Waals surface area contributed by atoms with E-state index in [1.165, 1.54) is 12.1 Å². The van der Waals surface area contributed by atoms with Crippen LogP contribution in [0.3, 0.4) is 0 Å². The Morgan fingerprint density at radius 2 is 1.74 bits per heavy atom. The molecule has 4 nitrogen and oxygen atoms in total. The second-order valence-corrected chi connectivity index (χ2v) is 4.19. The van der Waals surface area contributed by atoms with Gasteiger partial charge in [-0.1, -0.05) is 19.4 Å². The summed E-state index contributed by atoms with van der Waals surface area (Å²) in [5, 5.41) is 17.9. The largest absolute Gasteiger partial charge is 0.299 e. The van der Waals surface area contributed by atoms with Gasteiger partial charge < -0.3 is 0 Å². The van der Waals surface area contributed by atoms with Crippen LogP contribution in [0.15, 0.2) is 18.2 Å². The van der Waals surface area contributed by atoms with E-state index < -0.39 is 5.78 Å². The molecule has 0 atom stereocenters. The molecule has 1 rings (SSSR count). The van der Waals surface area contributed by atoms with Gasteiger partial charge in [-0.15, -0.1) is 0 Å². The standard InChI is InChI=1S/C15H14N2O2/c1-2-3-7-13(18)8-14(19)15-11(9-16)5-4-6-12(15)10-17/h4-6H,2-3,7-8H2,1H3. The molecular weight excluding hydrogens is 240 g/mol. The third-order valence-electron chi connectivity index (χ3n) is 2.75. The van der Waals surface area contributed by atoms with Crippen LogP contribution < -0.4 is 0 Å². The minimum absolute atomic E-state index is 0.0670. The van der Waals surface area contributed by atoms with Gasteiger partial charge >= 0.3 is 0 Å². The Morgan fingerprint density at radius 1 is 1.16 bits per heavy atom. The van der Waals surface area contributed by atoms with Crippen LogP contribution in [0.5, 0.6) is 0 Å². The van der Waals surface area contributed by atoms with Crippen LogP contribution in [0.25, 0.3) is 0 Å². The Morgan fingerprint density at radius 3 is 2.21 bits per heavy atom. The Labute approximate surface area is 112 Å². The molecule has 1 aromatic rings. The van der Waals surface area contributed by atoms with E-state index in [1.807, 2.05) is 19.1 Å². The lowest BCUT2D eigenvalue weighted by molar-refractivity contribution is -0.118. The number of unbranched alkanes of at least 4 members (excludes halogenated alkanes) is 1. The Bertz CT molecular complexity index is 545. The quantitative estimate of drug-likeness (QED) is 0.577. The van der Waals surface area contributed by atoms with E-state index in [1.54, 1.807) is 6.07 Å². The van der Waals surface area contributed by atoms with E-state index in [9.17, 15) is 9.59 Å². The summed E-state index contributed by atoms with van der Waals surface area (Å²) in [7, 11) is 0. The first-order valence-corrected chi connectivity index (χ1v) is 6.12. The molecule has 0 N–H and O–H groups in total. The molecule has 0 saturated heterocycles. The zero-order valence-electron chi connectivity index (χ0n) is 10.8. The molecule has 0 aliphatic heterocycles. The number of ketones is 2. The van der Waals surface area contributed by atoms with Crippen LogP contribution in [0.4, 0.5) is 0 Å². The first kappa shape index (κ1) is 14.6. The Kier molecular flexibility index (Phi) is 5.44. The highest BCUT2D eigenvalue weighted by atomic mass is 16.1. The minimum Gasteiger partial charge on any atom is -0.299 e. The van der Waals surface area contributed by atoms with Crippen molar-refractivity contribution >= 4 is 11.6 Å². The average molecular weight is 254 g/mol. The zero-order chi connectivity index (χ0) is 14.3. The number of benzene rings is 1. The van der Waals surface area contributed by atoms with Gasteiger partial charge in [-0.3, -0.25) is 9.59 Å². The molecule has 0 aliphatic rings. The van der Waals surface area contributed by atoms with E-state index in [2.05, 4.69) is 0 Å². The van der Waals surface area contributed by atoms with E-state index in [0.29, 0.717) is 6.42 Å². The second-order valence-electron chi connectivity index (χ2n) is 4.19. The molecule has 1 aromatic carbocycles. The fourth-order valence-electron chi connectivity index (χ4n) is 1.77. The lowest BCUT2D eigenvalue weighted by Gasteiger charge is -2.05. The van der Waals surface area contributed by atoms with Crippen molar-refractivity contribution in [3.05, 3.63) is 34.9 Å². The molecule has 0 bridgehead atoms. The molecule has 0 aliphatic carbocycles. The highest BCUT2D eigenvalue weighted by Gasteiger charge is 2.18. The van der Waals surface area contributed by atoms with Gasteiger partial charge in [0.25, 0.3) is 0 Å². The summed E-state index contributed by atoms with van der Waals surface area (Å²) >= 11 is 0. The zero-order valence-corrected chi connectivity index (χ0v) is 10.8. The van der Waals surface area contributed by atoms with Crippen LogP contribution in [-0.2, 0) is 4.79 Å². The van der Waals surface area contributed by atoms with E-state index >= 15 is 0 Å². The van der Waals surface area contributed by atoms with Crippen LogP contribution in [0.1, 0.15) is 54.1 Å². The van der Waals surface area contributed by atoms with Crippen molar-refractivity contribution < 1.29 is 9.59 Å². The van der Waals surface area contributed by atoms with Crippen molar-refractivity contribution in [1.29, 1.82) is 10.5 Å². The summed E-state index contributed by atoms with van der Waals surface area (Å²) in [5.74, 6) is -0.599. The third kappa shape index (κ3) is 3.76. The molecule has 19 heavy (non-hydrogen) atoms. The average Bonchev–Trinajstić information content (AvgIpc) is 2.43. The molecule has 0 fully saturated rings. The molecule has 0 unspecified atom stereocenters. The van der Waals surface area contributed by atoms with Crippen LogP contribution in [0.2, 0.25) is 0 Å². The molecule has 0 heterocycles. The maximum atomic E-state index is 12.1.